The van der Waals surface area contributed by atoms with E-state index in [1.165, 1.54) is 25.7 Å². The number of hydrazone groups is 1. The van der Waals surface area contributed by atoms with Gasteiger partial charge in [-0.05, 0) is 19.3 Å². The van der Waals surface area contributed by atoms with Crippen LogP contribution in [0.2, 0.25) is 0 Å². The Morgan fingerprint density at radius 3 is 2.64 bits per heavy atom. The van der Waals surface area contributed by atoms with E-state index in [2.05, 4.69) is 17.5 Å². The molecule has 0 aromatic heterocycles. The molecule has 0 heterocycles. The third-order valence-electron chi connectivity index (χ3n) is 1.94. The maximum atomic E-state index is 11.0. The second-order valence-corrected chi connectivity index (χ2v) is 3.45. The van der Waals surface area contributed by atoms with E-state index in [-0.39, 0.29) is 5.91 Å². The Morgan fingerprint density at radius 2 is 2.00 bits per heavy atom. The Kier molecular flexibility index (Phi) is 9.59. The van der Waals surface area contributed by atoms with E-state index in [9.17, 15) is 4.79 Å². The minimum absolute atomic E-state index is 0.0114. The first kappa shape index (κ1) is 13.1. The fraction of sp³-hybridized carbons (Fsp3) is 0.818. The fourth-order valence-electron chi connectivity index (χ4n) is 1.13. The van der Waals surface area contributed by atoms with Crippen molar-refractivity contribution in [3.05, 3.63) is 0 Å². The summed E-state index contributed by atoms with van der Waals surface area (Å²) in [6.07, 6.45) is 9.16. The molecule has 0 saturated heterocycles. The zero-order valence-electron chi connectivity index (χ0n) is 9.38. The molecule has 14 heavy (non-hydrogen) atoms. The maximum Gasteiger partial charge on any atom is 0.240 e. The van der Waals surface area contributed by atoms with Gasteiger partial charge in [-0.25, -0.2) is 5.43 Å². The Labute approximate surface area is 87.0 Å². The van der Waals surface area contributed by atoms with Gasteiger partial charge in [0.15, 0.2) is 0 Å². The van der Waals surface area contributed by atoms with Crippen molar-refractivity contribution in [3.8, 4) is 0 Å². The van der Waals surface area contributed by atoms with Crippen molar-refractivity contribution in [2.45, 2.75) is 58.8 Å². The largest absolute Gasteiger partial charge is 0.273 e. The SMILES string of the molecule is CCCCCC/C=N/NC(=O)CCC. The smallest absolute Gasteiger partial charge is 0.240 e. The molecule has 3 heteroatoms. The summed E-state index contributed by atoms with van der Waals surface area (Å²) in [5.74, 6) is 0.0114. The highest BCUT2D eigenvalue weighted by Crippen LogP contribution is 2.00. The van der Waals surface area contributed by atoms with Crippen molar-refractivity contribution in [1.29, 1.82) is 0 Å². The Balaban J connectivity index is 3.22. The number of rotatable bonds is 8. The van der Waals surface area contributed by atoms with E-state index in [0.717, 1.165) is 12.8 Å². The van der Waals surface area contributed by atoms with E-state index >= 15 is 0 Å². The van der Waals surface area contributed by atoms with E-state index in [1.807, 2.05) is 6.92 Å². The van der Waals surface area contributed by atoms with Crippen molar-refractivity contribution < 1.29 is 4.79 Å². The van der Waals surface area contributed by atoms with Crippen LogP contribution in [0.3, 0.4) is 0 Å². The van der Waals surface area contributed by atoms with E-state index in [4.69, 9.17) is 0 Å². The number of unbranched alkanes of at least 4 members (excludes halogenated alkanes) is 4. The first-order chi connectivity index (χ1) is 6.81. The predicted octanol–water partition coefficient (Wildman–Crippen LogP) is 2.86. The molecule has 1 amide bonds. The molecule has 0 radical (unpaired) electrons. The number of amides is 1. The summed E-state index contributed by atoms with van der Waals surface area (Å²) >= 11 is 0. The van der Waals surface area contributed by atoms with Crippen LogP contribution in [0.25, 0.3) is 0 Å². The number of hydrogen-bond acceptors (Lipinski definition) is 2. The molecule has 0 aliphatic carbocycles. The molecule has 3 nitrogen and oxygen atoms in total. The number of nitrogens with zero attached hydrogens (tertiary/aromatic N) is 1. The number of nitrogens with one attached hydrogen (secondary N) is 1. The average Bonchev–Trinajstić information content (AvgIpc) is 2.17. The number of carbonyl (C=O) groups excluding carboxylic acids is 1. The summed E-state index contributed by atoms with van der Waals surface area (Å²) in [5.41, 5.74) is 2.50. The Hall–Kier alpha value is -0.860. The molecule has 0 aliphatic heterocycles. The van der Waals surface area contributed by atoms with Gasteiger partial charge in [0.25, 0.3) is 0 Å². The van der Waals surface area contributed by atoms with Gasteiger partial charge in [0.05, 0.1) is 0 Å². The summed E-state index contributed by atoms with van der Waals surface area (Å²) in [4.78, 5) is 11.0. The highest BCUT2D eigenvalue weighted by atomic mass is 16.2. The minimum Gasteiger partial charge on any atom is -0.273 e. The second-order valence-electron chi connectivity index (χ2n) is 3.45. The highest BCUT2D eigenvalue weighted by Gasteiger charge is 1.94. The zero-order chi connectivity index (χ0) is 10.6. The molecule has 0 fully saturated rings. The molecule has 0 aliphatic rings. The highest BCUT2D eigenvalue weighted by molar-refractivity contribution is 5.76. The third kappa shape index (κ3) is 9.23. The van der Waals surface area contributed by atoms with Crippen LogP contribution in [0.1, 0.15) is 58.8 Å². The van der Waals surface area contributed by atoms with Crippen molar-refractivity contribution in [2.75, 3.05) is 0 Å². The monoisotopic (exact) mass is 198 g/mol. The lowest BCUT2D eigenvalue weighted by Crippen LogP contribution is -2.16. The molecule has 0 atom stereocenters. The zero-order valence-corrected chi connectivity index (χ0v) is 9.38. The van der Waals surface area contributed by atoms with Crippen LogP contribution in [0.5, 0.6) is 0 Å². The van der Waals surface area contributed by atoms with Crippen LogP contribution in [-0.4, -0.2) is 12.1 Å². The first-order valence-electron chi connectivity index (χ1n) is 5.61. The quantitative estimate of drug-likeness (QED) is 0.364. The summed E-state index contributed by atoms with van der Waals surface area (Å²) in [5, 5.41) is 3.86. The van der Waals surface area contributed by atoms with Crippen molar-refractivity contribution in [2.24, 2.45) is 5.10 Å². The van der Waals surface area contributed by atoms with Gasteiger partial charge in [-0.3, -0.25) is 4.79 Å². The van der Waals surface area contributed by atoms with Crippen LogP contribution in [0.4, 0.5) is 0 Å². The second kappa shape index (κ2) is 10.2. The lowest BCUT2D eigenvalue weighted by Gasteiger charge is -1.96. The molecule has 0 rings (SSSR count). The lowest BCUT2D eigenvalue weighted by atomic mass is 10.2. The minimum atomic E-state index is 0.0114. The molecule has 0 saturated carbocycles. The van der Waals surface area contributed by atoms with Gasteiger partial charge in [-0.2, -0.15) is 5.10 Å². The normalized spacial score (nSPS) is 10.7. The standard InChI is InChI=1S/C11H22N2O/c1-3-5-6-7-8-10-12-13-11(14)9-4-2/h10H,3-9H2,1-2H3,(H,13,14)/b12-10+. The first-order valence-corrected chi connectivity index (χ1v) is 5.61. The molecule has 82 valence electrons. The van der Waals surface area contributed by atoms with Crippen molar-refractivity contribution in [3.63, 3.8) is 0 Å². The van der Waals surface area contributed by atoms with Crippen LogP contribution in [-0.2, 0) is 4.79 Å². The van der Waals surface area contributed by atoms with Crippen LogP contribution >= 0.6 is 0 Å². The van der Waals surface area contributed by atoms with Gasteiger partial charge in [-0.1, -0.05) is 33.1 Å². The van der Waals surface area contributed by atoms with E-state index in [0.29, 0.717) is 6.42 Å². The summed E-state index contributed by atoms with van der Waals surface area (Å²) in [7, 11) is 0. The van der Waals surface area contributed by atoms with Crippen LogP contribution in [0, 0.1) is 0 Å². The van der Waals surface area contributed by atoms with Gasteiger partial charge in [-0.15, -0.1) is 0 Å². The van der Waals surface area contributed by atoms with Gasteiger partial charge < -0.3 is 0 Å². The molecule has 0 unspecified atom stereocenters. The number of carbonyl (C=O) groups is 1. The van der Waals surface area contributed by atoms with Crippen molar-refractivity contribution in [1.82, 2.24) is 5.43 Å². The molecule has 0 bridgehead atoms. The molecule has 1 N–H and O–H groups in total. The summed E-state index contributed by atoms with van der Waals surface area (Å²) in [6.45, 7) is 4.17. The summed E-state index contributed by atoms with van der Waals surface area (Å²) in [6, 6.07) is 0. The Bertz CT molecular complexity index is 167. The van der Waals surface area contributed by atoms with Crippen LogP contribution < -0.4 is 5.43 Å². The van der Waals surface area contributed by atoms with Gasteiger partial charge in [0.1, 0.15) is 0 Å². The van der Waals surface area contributed by atoms with E-state index < -0.39 is 0 Å². The van der Waals surface area contributed by atoms with Gasteiger partial charge in [0.2, 0.25) is 5.91 Å². The fourth-order valence-corrected chi connectivity index (χ4v) is 1.13. The third-order valence-corrected chi connectivity index (χ3v) is 1.94. The molecular formula is C11H22N2O. The summed E-state index contributed by atoms with van der Waals surface area (Å²) < 4.78 is 0. The maximum absolute atomic E-state index is 11.0. The molecule has 0 aromatic carbocycles. The molecule has 0 spiro atoms. The molecule has 0 aromatic rings. The van der Waals surface area contributed by atoms with E-state index in [1.54, 1.807) is 6.21 Å². The molecular weight excluding hydrogens is 176 g/mol. The lowest BCUT2D eigenvalue weighted by molar-refractivity contribution is -0.121. The topological polar surface area (TPSA) is 41.5 Å². The van der Waals surface area contributed by atoms with Gasteiger partial charge >= 0.3 is 0 Å². The predicted molar refractivity (Wildman–Crippen MR) is 60.3 cm³/mol. The van der Waals surface area contributed by atoms with Gasteiger partial charge in [0, 0.05) is 12.6 Å². The number of hydrogen-bond donors (Lipinski definition) is 1. The van der Waals surface area contributed by atoms with Crippen molar-refractivity contribution >= 4 is 12.1 Å². The van der Waals surface area contributed by atoms with Crippen LogP contribution in [0.15, 0.2) is 5.10 Å². The average molecular weight is 198 g/mol. The Morgan fingerprint density at radius 1 is 1.21 bits per heavy atom.